The van der Waals surface area contributed by atoms with Crippen molar-refractivity contribution in [1.29, 1.82) is 0 Å². The summed E-state index contributed by atoms with van der Waals surface area (Å²) in [5, 5.41) is 7.56. The number of methoxy groups -OCH3 is 1. The Labute approximate surface area is 170 Å². The van der Waals surface area contributed by atoms with Crippen LogP contribution in [0.3, 0.4) is 0 Å². The maximum absolute atomic E-state index is 12.1. The highest BCUT2D eigenvalue weighted by Gasteiger charge is 2.06. The molecule has 0 saturated carbocycles. The van der Waals surface area contributed by atoms with E-state index in [0.29, 0.717) is 0 Å². The standard InChI is InChI=1S/C24H24N2O3/c1-3-18-6-4-5-7-22(18)26-24(28)16-25-23(27)13-9-17-8-10-20-15-21(29-2)12-11-19(20)14-17/h4-15H,3,16H2,1-2H3,(H,25,27)(H,26,28)/b13-9+. The smallest absolute Gasteiger partial charge is 0.244 e. The van der Waals surface area contributed by atoms with Gasteiger partial charge in [0.2, 0.25) is 11.8 Å². The van der Waals surface area contributed by atoms with Crippen LogP contribution in [-0.2, 0) is 16.0 Å². The van der Waals surface area contributed by atoms with Gasteiger partial charge in [-0.15, -0.1) is 0 Å². The van der Waals surface area contributed by atoms with Gasteiger partial charge < -0.3 is 15.4 Å². The van der Waals surface area contributed by atoms with Crippen LogP contribution in [0.1, 0.15) is 18.1 Å². The van der Waals surface area contributed by atoms with Crippen molar-refractivity contribution in [3.63, 3.8) is 0 Å². The highest BCUT2D eigenvalue weighted by atomic mass is 16.5. The summed E-state index contributed by atoms with van der Waals surface area (Å²) in [6.07, 6.45) is 3.98. The fourth-order valence-corrected chi connectivity index (χ4v) is 3.02. The summed E-state index contributed by atoms with van der Waals surface area (Å²) < 4.78 is 5.23. The average Bonchev–Trinajstić information content (AvgIpc) is 2.76. The van der Waals surface area contributed by atoms with E-state index in [1.54, 1.807) is 13.2 Å². The van der Waals surface area contributed by atoms with Crippen LogP contribution in [0.25, 0.3) is 16.8 Å². The van der Waals surface area contributed by atoms with Gasteiger partial charge in [0.25, 0.3) is 0 Å². The fraction of sp³-hybridized carbons (Fsp3) is 0.167. The molecule has 3 aromatic rings. The first kappa shape index (κ1) is 20.1. The zero-order chi connectivity index (χ0) is 20.6. The number of fused-ring (bicyclic) bond motifs is 1. The SMILES string of the molecule is CCc1ccccc1NC(=O)CNC(=O)/C=C/c1ccc2cc(OC)ccc2c1. The zero-order valence-electron chi connectivity index (χ0n) is 16.6. The van der Waals surface area contributed by atoms with Crippen molar-refractivity contribution in [2.24, 2.45) is 0 Å². The van der Waals surface area contributed by atoms with Crippen molar-refractivity contribution in [3.8, 4) is 5.75 Å². The predicted octanol–water partition coefficient (Wildman–Crippen LogP) is 4.18. The minimum atomic E-state index is -0.321. The Morgan fingerprint density at radius 2 is 1.76 bits per heavy atom. The Bertz CT molecular complexity index is 1060. The Kier molecular flexibility index (Phi) is 6.63. The van der Waals surface area contributed by atoms with Crippen molar-refractivity contribution in [1.82, 2.24) is 5.32 Å². The third kappa shape index (κ3) is 5.45. The number of ether oxygens (including phenoxy) is 1. The van der Waals surface area contributed by atoms with Gasteiger partial charge in [-0.3, -0.25) is 9.59 Å². The van der Waals surface area contributed by atoms with Crippen LogP contribution in [0.5, 0.6) is 5.75 Å². The second-order valence-corrected chi connectivity index (χ2v) is 6.58. The second-order valence-electron chi connectivity index (χ2n) is 6.58. The van der Waals surface area contributed by atoms with Crippen molar-refractivity contribution in [3.05, 3.63) is 77.9 Å². The van der Waals surface area contributed by atoms with Crippen molar-refractivity contribution >= 4 is 34.4 Å². The summed E-state index contributed by atoms with van der Waals surface area (Å²) >= 11 is 0. The van der Waals surface area contributed by atoms with E-state index < -0.39 is 0 Å². The van der Waals surface area contributed by atoms with Gasteiger partial charge in [-0.1, -0.05) is 43.3 Å². The van der Waals surface area contributed by atoms with E-state index in [1.807, 2.05) is 67.6 Å². The van der Waals surface area contributed by atoms with E-state index in [4.69, 9.17) is 4.74 Å². The van der Waals surface area contributed by atoms with E-state index in [2.05, 4.69) is 10.6 Å². The first-order valence-corrected chi connectivity index (χ1v) is 9.50. The number of carbonyl (C=O) groups is 2. The quantitative estimate of drug-likeness (QED) is 0.597. The van der Waals surface area contributed by atoms with Gasteiger partial charge in [-0.2, -0.15) is 0 Å². The number of hydrogen-bond acceptors (Lipinski definition) is 3. The second kappa shape index (κ2) is 9.55. The summed E-state index contributed by atoms with van der Waals surface area (Å²) in [4.78, 5) is 24.1. The van der Waals surface area contributed by atoms with Crippen molar-refractivity contribution in [2.75, 3.05) is 19.0 Å². The van der Waals surface area contributed by atoms with Gasteiger partial charge >= 0.3 is 0 Å². The van der Waals surface area contributed by atoms with Crippen LogP contribution < -0.4 is 15.4 Å². The normalized spacial score (nSPS) is 10.8. The molecule has 0 bridgehead atoms. The average molecular weight is 388 g/mol. The van der Waals surface area contributed by atoms with Gasteiger partial charge in [0.15, 0.2) is 0 Å². The molecule has 0 aliphatic rings. The molecule has 2 N–H and O–H groups in total. The van der Waals surface area contributed by atoms with Crippen LogP contribution >= 0.6 is 0 Å². The Balaban J connectivity index is 1.55. The summed E-state index contributed by atoms with van der Waals surface area (Å²) in [6.45, 7) is 1.94. The first-order valence-electron chi connectivity index (χ1n) is 9.50. The van der Waals surface area contributed by atoms with Crippen LogP contribution in [0.15, 0.2) is 66.7 Å². The lowest BCUT2D eigenvalue weighted by Crippen LogP contribution is -2.31. The molecular weight excluding hydrogens is 364 g/mol. The molecule has 29 heavy (non-hydrogen) atoms. The molecule has 0 aliphatic carbocycles. The van der Waals surface area contributed by atoms with Crippen molar-refractivity contribution in [2.45, 2.75) is 13.3 Å². The maximum atomic E-state index is 12.1. The van der Waals surface area contributed by atoms with Crippen LogP contribution in [0.2, 0.25) is 0 Å². The minimum Gasteiger partial charge on any atom is -0.497 e. The van der Waals surface area contributed by atoms with Crippen LogP contribution in [0.4, 0.5) is 5.69 Å². The molecule has 0 fully saturated rings. The van der Waals surface area contributed by atoms with Gasteiger partial charge in [0.1, 0.15) is 5.75 Å². The molecule has 148 valence electrons. The Morgan fingerprint density at radius 3 is 2.55 bits per heavy atom. The summed E-state index contributed by atoms with van der Waals surface area (Å²) in [5.41, 5.74) is 2.73. The van der Waals surface area contributed by atoms with Crippen molar-refractivity contribution < 1.29 is 14.3 Å². The van der Waals surface area contributed by atoms with E-state index in [-0.39, 0.29) is 18.4 Å². The summed E-state index contributed by atoms with van der Waals surface area (Å²) in [6, 6.07) is 19.4. The molecule has 2 amide bonds. The number of amides is 2. The van der Waals surface area contributed by atoms with E-state index in [1.165, 1.54) is 6.08 Å². The van der Waals surface area contributed by atoms with Crippen LogP contribution in [-0.4, -0.2) is 25.5 Å². The molecule has 5 heteroatoms. The van der Waals surface area contributed by atoms with Gasteiger partial charge in [-0.05, 0) is 58.7 Å². The number of para-hydroxylation sites is 1. The van der Waals surface area contributed by atoms with Gasteiger partial charge in [-0.25, -0.2) is 0 Å². The van der Waals surface area contributed by atoms with Gasteiger partial charge in [0.05, 0.1) is 13.7 Å². The highest BCUT2D eigenvalue weighted by Crippen LogP contribution is 2.22. The molecule has 0 saturated heterocycles. The third-order valence-corrected chi connectivity index (χ3v) is 4.59. The summed E-state index contributed by atoms with van der Waals surface area (Å²) in [7, 11) is 1.64. The lowest BCUT2D eigenvalue weighted by Gasteiger charge is -2.09. The largest absolute Gasteiger partial charge is 0.497 e. The lowest BCUT2D eigenvalue weighted by atomic mass is 10.1. The maximum Gasteiger partial charge on any atom is 0.244 e. The molecule has 0 atom stereocenters. The topological polar surface area (TPSA) is 67.4 Å². The molecule has 3 rings (SSSR count). The minimum absolute atomic E-state index is 0.0846. The molecule has 0 unspecified atom stereocenters. The van der Waals surface area contributed by atoms with E-state index in [9.17, 15) is 9.59 Å². The molecule has 0 heterocycles. The number of anilines is 1. The number of rotatable bonds is 7. The Morgan fingerprint density at radius 1 is 1.00 bits per heavy atom. The molecule has 0 aliphatic heterocycles. The molecule has 0 radical (unpaired) electrons. The molecule has 5 nitrogen and oxygen atoms in total. The number of nitrogens with one attached hydrogen (secondary N) is 2. The van der Waals surface area contributed by atoms with Gasteiger partial charge in [0, 0.05) is 11.8 Å². The third-order valence-electron chi connectivity index (χ3n) is 4.59. The number of carbonyl (C=O) groups excluding carboxylic acids is 2. The highest BCUT2D eigenvalue weighted by molar-refractivity contribution is 5.98. The fourth-order valence-electron chi connectivity index (χ4n) is 3.02. The zero-order valence-corrected chi connectivity index (χ0v) is 16.6. The van der Waals surface area contributed by atoms with Crippen LogP contribution in [0, 0.1) is 0 Å². The first-order chi connectivity index (χ1) is 14.1. The molecule has 3 aromatic carbocycles. The number of aryl methyl sites for hydroxylation is 1. The monoisotopic (exact) mass is 388 g/mol. The molecule has 0 aromatic heterocycles. The molecular formula is C24H24N2O3. The number of hydrogen-bond donors (Lipinski definition) is 2. The summed E-state index contributed by atoms with van der Waals surface area (Å²) in [5.74, 6) is 0.228. The van der Waals surface area contributed by atoms with E-state index in [0.717, 1.165) is 39.8 Å². The molecule has 0 spiro atoms. The number of benzene rings is 3. The predicted molar refractivity (Wildman–Crippen MR) is 117 cm³/mol. The lowest BCUT2D eigenvalue weighted by molar-refractivity contribution is -0.121. The Hall–Kier alpha value is -3.60. The van der Waals surface area contributed by atoms with E-state index >= 15 is 0 Å².